The molecule has 0 radical (unpaired) electrons. The van der Waals surface area contributed by atoms with Crippen LogP contribution in [0.15, 0.2) is 0 Å². The van der Waals surface area contributed by atoms with E-state index in [1.165, 1.54) is 0 Å². The third kappa shape index (κ3) is 1.27. The number of halogens is 1. The number of aliphatic hydroxyl groups excluding tert-OH is 2. The molecule has 4 heteroatoms. The van der Waals surface area contributed by atoms with Gasteiger partial charge in [0.05, 0.1) is 18.1 Å². The topological polar surface area (TPSA) is 49.7 Å². The molecule has 3 nitrogen and oxygen atoms in total. The van der Waals surface area contributed by atoms with E-state index in [2.05, 4.69) is 0 Å². The minimum atomic E-state index is -0.735. The minimum Gasteiger partial charge on any atom is -0.394 e. The molecule has 0 aliphatic carbocycles. The molecule has 1 fully saturated rings. The lowest BCUT2D eigenvalue weighted by Crippen LogP contribution is -2.29. The normalized spacial score (nSPS) is 48.0. The van der Waals surface area contributed by atoms with E-state index < -0.39 is 17.6 Å². The van der Waals surface area contributed by atoms with Gasteiger partial charge in [-0.1, -0.05) is 0 Å². The molecule has 0 saturated carbocycles. The zero-order chi connectivity index (χ0) is 7.72. The van der Waals surface area contributed by atoms with E-state index >= 15 is 0 Å². The van der Waals surface area contributed by atoms with Gasteiger partial charge in [0, 0.05) is 0 Å². The summed E-state index contributed by atoms with van der Waals surface area (Å²) in [7, 11) is 0. The van der Waals surface area contributed by atoms with Crippen LogP contribution in [0.5, 0.6) is 0 Å². The fourth-order valence-corrected chi connectivity index (χ4v) is 1.29. The standard InChI is InChI=1S/C6H11ClO3/c1-3-5(7)6(9)4(2-8)10-3/h3-6,8-9H,2H2,1H3/t3-,4?,5+,6+/m0/s1. The van der Waals surface area contributed by atoms with Crippen molar-refractivity contribution in [1.82, 2.24) is 0 Å². The van der Waals surface area contributed by atoms with E-state index in [0.717, 1.165) is 0 Å². The molecule has 60 valence electrons. The number of hydrogen-bond donors (Lipinski definition) is 2. The summed E-state index contributed by atoms with van der Waals surface area (Å²) in [6, 6.07) is 0. The van der Waals surface area contributed by atoms with Crippen molar-refractivity contribution >= 4 is 11.6 Å². The molecule has 1 aliphatic rings. The van der Waals surface area contributed by atoms with E-state index in [4.69, 9.17) is 21.4 Å². The highest BCUT2D eigenvalue weighted by Crippen LogP contribution is 2.24. The first kappa shape index (κ1) is 8.27. The van der Waals surface area contributed by atoms with Gasteiger partial charge in [-0.3, -0.25) is 0 Å². The molecule has 10 heavy (non-hydrogen) atoms. The van der Waals surface area contributed by atoms with Gasteiger partial charge in [-0.25, -0.2) is 0 Å². The highest BCUT2D eigenvalue weighted by Gasteiger charge is 2.39. The Hall–Kier alpha value is 0.170. The van der Waals surface area contributed by atoms with E-state index in [-0.39, 0.29) is 12.7 Å². The molecule has 1 saturated heterocycles. The number of alkyl halides is 1. The van der Waals surface area contributed by atoms with Crippen LogP contribution in [0.4, 0.5) is 0 Å². The fourth-order valence-electron chi connectivity index (χ4n) is 1.07. The molecule has 1 unspecified atom stereocenters. The smallest absolute Gasteiger partial charge is 0.108 e. The average Bonchev–Trinajstić information content (AvgIpc) is 2.17. The van der Waals surface area contributed by atoms with Crippen LogP contribution in [0.1, 0.15) is 6.92 Å². The average molecular weight is 167 g/mol. The molecule has 0 amide bonds. The van der Waals surface area contributed by atoms with E-state index in [9.17, 15) is 5.11 Å². The Morgan fingerprint density at radius 3 is 2.40 bits per heavy atom. The molecule has 0 aromatic heterocycles. The van der Waals surface area contributed by atoms with Crippen LogP contribution < -0.4 is 0 Å². The number of aliphatic hydroxyl groups is 2. The van der Waals surface area contributed by atoms with Crippen LogP contribution >= 0.6 is 11.6 Å². The monoisotopic (exact) mass is 166 g/mol. The molecule has 0 aromatic rings. The van der Waals surface area contributed by atoms with E-state index in [1.54, 1.807) is 6.92 Å². The first-order chi connectivity index (χ1) is 4.66. The lowest BCUT2D eigenvalue weighted by atomic mass is 10.1. The Morgan fingerprint density at radius 1 is 1.60 bits per heavy atom. The lowest BCUT2D eigenvalue weighted by Gasteiger charge is -2.09. The van der Waals surface area contributed by atoms with Crippen LogP contribution in [0.25, 0.3) is 0 Å². The summed E-state index contributed by atoms with van der Waals surface area (Å²) in [4.78, 5) is 0. The number of hydrogen-bond acceptors (Lipinski definition) is 3. The SMILES string of the molecule is C[C@@H]1OC(CO)[C@@H](O)[C@@H]1Cl. The second kappa shape index (κ2) is 3.05. The summed E-state index contributed by atoms with van der Waals surface area (Å²) >= 11 is 5.70. The van der Waals surface area contributed by atoms with E-state index in [0.29, 0.717) is 0 Å². The van der Waals surface area contributed by atoms with Gasteiger partial charge in [-0.05, 0) is 6.92 Å². The minimum absolute atomic E-state index is 0.172. The Morgan fingerprint density at radius 2 is 2.20 bits per heavy atom. The molecule has 0 spiro atoms. The molecule has 1 aliphatic heterocycles. The first-order valence-electron chi connectivity index (χ1n) is 3.25. The maximum Gasteiger partial charge on any atom is 0.108 e. The first-order valence-corrected chi connectivity index (χ1v) is 3.69. The predicted molar refractivity (Wildman–Crippen MR) is 37.1 cm³/mol. The Kier molecular flexibility index (Phi) is 2.52. The van der Waals surface area contributed by atoms with Crippen molar-refractivity contribution in [2.45, 2.75) is 30.6 Å². The molecular formula is C6H11ClO3. The van der Waals surface area contributed by atoms with E-state index in [1.807, 2.05) is 0 Å². The van der Waals surface area contributed by atoms with Crippen molar-refractivity contribution in [3.8, 4) is 0 Å². The van der Waals surface area contributed by atoms with Crippen molar-refractivity contribution < 1.29 is 14.9 Å². The van der Waals surface area contributed by atoms with Crippen molar-refractivity contribution in [1.29, 1.82) is 0 Å². The van der Waals surface area contributed by atoms with Gasteiger partial charge in [0.2, 0.25) is 0 Å². The van der Waals surface area contributed by atoms with Gasteiger partial charge in [-0.15, -0.1) is 11.6 Å². The maximum absolute atomic E-state index is 9.21. The molecule has 1 heterocycles. The Labute approximate surface area is 64.6 Å². The van der Waals surface area contributed by atoms with Crippen LogP contribution in [0, 0.1) is 0 Å². The van der Waals surface area contributed by atoms with Crippen molar-refractivity contribution in [2.24, 2.45) is 0 Å². The van der Waals surface area contributed by atoms with Gasteiger partial charge in [-0.2, -0.15) is 0 Å². The van der Waals surface area contributed by atoms with Crippen molar-refractivity contribution in [2.75, 3.05) is 6.61 Å². The molecule has 0 bridgehead atoms. The molecule has 1 rings (SSSR count). The quantitative estimate of drug-likeness (QED) is 0.528. The number of ether oxygens (including phenoxy) is 1. The second-order valence-corrected chi connectivity index (χ2v) is 3.00. The molecule has 4 atom stereocenters. The summed E-state index contributed by atoms with van der Waals surface area (Å²) in [6.07, 6.45) is -1.41. The highest BCUT2D eigenvalue weighted by molar-refractivity contribution is 6.21. The second-order valence-electron chi connectivity index (χ2n) is 2.50. The van der Waals surface area contributed by atoms with Crippen molar-refractivity contribution in [3.63, 3.8) is 0 Å². The summed E-state index contributed by atoms with van der Waals surface area (Å²) in [5.74, 6) is 0. The van der Waals surface area contributed by atoms with Gasteiger partial charge >= 0.3 is 0 Å². The van der Waals surface area contributed by atoms with Gasteiger partial charge in [0.25, 0.3) is 0 Å². The van der Waals surface area contributed by atoms with Crippen LogP contribution in [-0.4, -0.2) is 40.5 Å². The van der Waals surface area contributed by atoms with Crippen molar-refractivity contribution in [3.05, 3.63) is 0 Å². The Balaban J connectivity index is 2.53. The third-order valence-corrected chi connectivity index (χ3v) is 2.34. The highest BCUT2D eigenvalue weighted by atomic mass is 35.5. The summed E-state index contributed by atoms with van der Waals surface area (Å²) < 4.78 is 5.10. The fraction of sp³-hybridized carbons (Fsp3) is 1.00. The lowest BCUT2D eigenvalue weighted by molar-refractivity contribution is -0.0170. The van der Waals surface area contributed by atoms with Crippen LogP contribution in [0.2, 0.25) is 0 Å². The molecule has 2 N–H and O–H groups in total. The Bertz CT molecular complexity index is 120. The third-order valence-electron chi connectivity index (χ3n) is 1.73. The van der Waals surface area contributed by atoms with Gasteiger partial charge in [0.15, 0.2) is 0 Å². The molecule has 0 aromatic carbocycles. The van der Waals surface area contributed by atoms with Gasteiger partial charge in [0.1, 0.15) is 12.2 Å². The zero-order valence-electron chi connectivity index (χ0n) is 5.70. The summed E-state index contributed by atoms with van der Waals surface area (Å²) in [6.45, 7) is 1.60. The summed E-state index contributed by atoms with van der Waals surface area (Å²) in [5, 5.41) is 17.4. The van der Waals surface area contributed by atoms with Crippen LogP contribution in [0.3, 0.4) is 0 Å². The predicted octanol–water partition coefficient (Wildman–Crippen LogP) is -0.266. The maximum atomic E-state index is 9.21. The largest absolute Gasteiger partial charge is 0.394 e. The summed E-state index contributed by atoms with van der Waals surface area (Å²) in [5.41, 5.74) is 0. The molecular weight excluding hydrogens is 156 g/mol. The van der Waals surface area contributed by atoms with Crippen LogP contribution in [-0.2, 0) is 4.74 Å². The zero-order valence-corrected chi connectivity index (χ0v) is 6.45. The number of rotatable bonds is 1. The van der Waals surface area contributed by atoms with Gasteiger partial charge < -0.3 is 14.9 Å².